The first-order chi connectivity index (χ1) is 11.1. The Labute approximate surface area is 142 Å². The van der Waals surface area contributed by atoms with Crippen molar-refractivity contribution in [3.8, 4) is 0 Å². The fraction of sp³-hybridized carbons (Fsp3) is 0.857. The Kier molecular flexibility index (Phi) is 7.65. The number of hydrogen-bond acceptors (Lipinski definition) is 1. The van der Waals surface area contributed by atoms with E-state index in [1.165, 1.54) is 64.2 Å². The normalized spacial score (nSPS) is 33.1. The van der Waals surface area contributed by atoms with Gasteiger partial charge in [0.05, 0.1) is 5.92 Å². The fourth-order valence-corrected chi connectivity index (χ4v) is 5.02. The van der Waals surface area contributed by atoms with E-state index in [2.05, 4.69) is 13.5 Å². The van der Waals surface area contributed by atoms with Gasteiger partial charge in [-0.2, -0.15) is 0 Å². The smallest absolute Gasteiger partial charge is 0.310 e. The van der Waals surface area contributed by atoms with E-state index in [0.29, 0.717) is 5.92 Å². The first kappa shape index (κ1) is 18.5. The van der Waals surface area contributed by atoms with Crippen molar-refractivity contribution in [2.45, 2.75) is 84.0 Å². The van der Waals surface area contributed by atoms with Crippen LogP contribution in [0.5, 0.6) is 0 Å². The van der Waals surface area contributed by atoms with E-state index in [1.54, 1.807) is 6.08 Å². The topological polar surface area (TPSA) is 37.3 Å². The van der Waals surface area contributed by atoms with Crippen molar-refractivity contribution >= 4 is 5.97 Å². The fourth-order valence-electron chi connectivity index (χ4n) is 5.02. The van der Waals surface area contributed by atoms with Crippen LogP contribution in [0.1, 0.15) is 84.0 Å². The summed E-state index contributed by atoms with van der Waals surface area (Å²) in [5.74, 6) is 2.14. The number of hydrogen-bond donors (Lipinski definition) is 1. The van der Waals surface area contributed by atoms with Gasteiger partial charge in [-0.05, 0) is 36.5 Å². The largest absolute Gasteiger partial charge is 0.481 e. The zero-order chi connectivity index (χ0) is 16.7. The summed E-state index contributed by atoms with van der Waals surface area (Å²) < 4.78 is 0. The molecule has 23 heavy (non-hydrogen) atoms. The Morgan fingerprint density at radius 2 is 1.39 bits per heavy atom. The molecule has 0 heterocycles. The lowest BCUT2D eigenvalue weighted by Crippen LogP contribution is -2.26. The van der Waals surface area contributed by atoms with Crippen LogP contribution in [-0.4, -0.2) is 11.1 Å². The molecule has 2 rings (SSSR count). The van der Waals surface area contributed by atoms with Gasteiger partial charge in [-0.1, -0.05) is 77.2 Å². The lowest BCUT2D eigenvalue weighted by atomic mass is 9.72. The van der Waals surface area contributed by atoms with Gasteiger partial charge in [-0.25, -0.2) is 0 Å². The average molecular weight is 321 g/mol. The van der Waals surface area contributed by atoms with Crippen molar-refractivity contribution in [3.63, 3.8) is 0 Å². The summed E-state index contributed by atoms with van der Waals surface area (Å²) in [6.45, 7) is 6.02. The number of carboxylic acids is 1. The summed E-state index contributed by atoms with van der Waals surface area (Å²) in [7, 11) is 0. The highest BCUT2D eigenvalue weighted by molar-refractivity contribution is 5.72. The van der Waals surface area contributed by atoms with Crippen molar-refractivity contribution in [2.24, 2.45) is 29.6 Å². The second-order valence-corrected chi connectivity index (χ2v) is 8.13. The van der Waals surface area contributed by atoms with E-state index in [0.717, 1.165) is 30.6 Å². The maximum atomic E-state index is 11.2. The maximum absolute atomic E-state index is 11.2. The van der Waals surface area contributed by atoms with Crippen molar-refractivity contribution in [2.75, 3.05) is 0 Å². The van der Waals surface area contributed by atoms with Crippen molar-refractivity contribution in [3.05, 3.63) is 12.7 Å². The molecule has 0 radical (unpaired) electrons. The Morgan fingerprint density at radius 1 is 0.957 bits per heavy atom. The van der Waals surface area contributed by atoms with Gasteiger partial charge in [0.25, 0.3) is 0 Å². The predicted octanol–water partition coefficient (Wildman–Crippen LogP) is 6.07. The molecule has 0 spiro atoms. The molecule has 0 aromatic carbocycles. The van der Waals surface area contributed by atoms with E-state index in [4.69, 9.17) is 0 Å². The molecule has 2 heteroatoms. The third-order valence-electron chi connectivity index (χ3n) is 6.58. The molecule has 0 aromatic rings. The van der Waals surface area contributed by atoms with Gasteiger partial charge in [0.15, 0.2) is 0 Å². The quantitative estimate of drug-likeness (QED) is 0.551. The lowest BCUT2D eigenvalue weighted by Gasteiger charge is -2.33. The zero-order valence-corrected chi connectivity index (χ0v) is 15.0. The Morgan fingerprint density at radius 3 is 1.78 bits per heavy atom. The summed E-state index contributed by atoms with van der Waals surface area (Å²) in [5.41, 5.74) is 0. The molecule has 2 aliphatic carbocycles. The van der Waals surface area contributed by atoms with Crippen LogP contribution in [0.4, 0.5) is 0 Å². The molecule has 0 saturated heterocycles. The molecule has 0 aromatic heterocycles. The maximum Gasteiger partial charge on any atom is 0.310 e. The van der Waals surface area contributed by atoms with Crippen LogP contribution < -0.4 is 0 Å². The highest BCUT2D eigenvalue weighted by Gasteiger charge is 2.30. The van der Waals surface area contributed by atoms with Gasteiger partial charge < -0.3 is 5.11 Å². The lowest BCUT2D eigenvalue weighted by molar-refractivity contribution is -0.142. The molecule has 2 saturated carbocycles. The van der Waals surface area contributed by atoms with Crippen LogP contribution in [0.3, 0.4) is 0 Å². The highest BCUT2D eigenvalue weighted by Crippen LogP contribution is 2.39. The monoisotopic (exact) mass is 320 g/mol. The van der Waals surface area contributed by atoms with Crippen LogP contribution in [0, 0.1) is 29.6 Å². The molecule has 0 aliphatic heterocycles. The first-order valence-corrected chi connectivity index (χ1v) is 9.99. The Balaban J connectivity index is 1.63. The van der Waals surface area contributed by atoms with Crippen LogP contribution in [-0.2, 0) is 4.79 Å². The van der Waals surface area contributed by atoms with Crippen molar-refractivity contribution in [1.82, 2.24) is 0 Å². The second-order valence-electron chi connectivity index (χ2n) is 8.13. The van der Waals surface area contributed by atoms with Gasteiger partial charge in [-0.15, -0.1) is 6.58 Å². The minimum absolute atomic E-state index is 0.325. The van der Waals surface area contributed by atoms with Gasteiger partial charge in [0.1, 0.15) is 0 Å². The van der Waals surface area contributed by atoms with Crippen LogP contribution in [0.25, 0.3) is 0 Å². The molecular formula is C21H36O2. The highest BCUT2D eigenvalue weighted by atomic mass is 16.4. The molecule has 1 N–H and O–H groups in total. The SMILES string of the molecule is C=CC(C(=O)O)C1CCC(CC[C@H]2CC[C@H](CCC)CC2)CC1. The van der Waals surface area contributed by atoms with Gasteiger partial charge in [0.2, 0.25) is 0 Å². The molecule has 2 fully saturated rings. The van der Waals surface area contributed by atoms with E-state index in [1.807, 2.05) is 0 Å². The van der Waals surface area contributed by atoms with E-state index < -0.39 is 5.97 Å². The first-order valence-electron chi connectivity index (χ1n) is 9.99. The van der Waals surface area contributed by atoms with Gasteiger partial charge in [-0.3, -0.25) is 4.79 Å². The van der Waals surface area contributed by atoms with E-state index in [-0.39, 0.29) is 5.92 Å². The Bertz CT molecular complexity index is 360. The second kappa shape index (κ2) is 9.49. The van der Waals surface area contributed by atoms with Crippen molar-refractivity contribution in [1.29, 1.82) is 0 Å². The van der Waals surface area contributed by atoms with Crippen LogP contribution in [0.15, 0.2) is 12.7 Å². The predicted molar refractivity (Wildman–Crippen MR) is 96.4 cm³/mol. The molecular weight excluding hydrogens is 284 g/mol. The standard InChI is InChI=1S/C21H36O2/c1-3-5-16-6-8-17(9-7-16)10-11-18-12-14-19(15-13-18)20(4-2)21(22)23/h4,16-20H,2-3,5-15H2,1H3,(H,22,23)/t16-,17-,18?,19?,20?. The number of carboxylic acid groups (broad SMARTS) is 1. The molecule has 2 aliphatic rings. The Hall–Kier alpha value is -0.790. The molecule has 1 unspecified atom stereocenters. The van der Waals surface area contributed by atoms with Crippen LogP contribution in [0.2, 0.25) is 0 Å². The molecule has 0 bridgehead atoms. The minimum Gasteiger partial charge on any atom is -0.481 e. The molecule has 132 valence electrons. The van der Waals surface area contributed by atoms with Gasteiger partial charge >= 0.3 is 5.97 Å². The molecule has 0 amide bonds. The molecule has 1 atom stereocenters. The summed E-state index contributed by atoms with van der Waals surface area (Å²) in [4.78, 5) is 11.2. The molecule has 2 nitrogen and oxygen atoms in total. The third-order valence-corrected chi connectivity index (χ3v) is 6.58. The van der Waals surface area contributed by atoms with E-state index in [9.17, 15) is 9.90 Å². The summed E-state index contributed by atoms with van der Waals surface area (Å²) in [6, 6.07) is 0. The summed E-state index contributed by atoms with van der Waals surface area (Å²) in [5, 5.41) is 9.25. The summed E-state index contributed by atoms with van der Waals surface area (Å²) >= 11 is 0. The van der Waals surface area contributed by atoms with Crippen LogP contribution >= 0.6 is 0 Å². The van der Waals surface area contributed by atoms with E-state index >= 15 is 0 Å². The third kappa shape index (κ3) is 5.65. The average Bonchev–Trinajstić information content (AvgIpc) is 2.56. The number of aliphatic carboxylic acids is 1. The summed E-state index contributed by atoms with van der Waals surface area (Å²) in [6.07, 6.45) is 17.7. The van der Waals surface area contributed by atoms with Gasteiger partial charge in [0, 0.05) is 0 Å². The minimum atomic E-state index is -0.688. The number of rotatable bonds is 8. The van der Waals surface area contributed by atoms with Crippen molar-refractivity contribution < 1.29 is 9.90 Å². The number of carbonyl (C=O) groups is 1. The zero-order valence-electron chi connectivity index (χ0n) is 15.0.